The molecule has 0 heterocycles. The Kier molecular flexibility index (Phi) is 6.75. The van der Waals surface area contributed by atoms with Crippen LogP contribution in [0.5, 0.6) is 5.75 Å². The Morgan fingerprint density at radius 2 is 1.82 bits per heavy atom. The Labute approximate surface area is 165 Å². The maximum atomic E-state index is 12.4. The lowest BCUT2D eigenvalue weighted by Crippen LogP contribution is -3.08. The summed E-state index contributed by atoms with van der Waals surface area (Å²) < 4.78 is 5.15. The fraction of sp³-hybridized carbons (Fsp3) is 0.381. The number of amides is 1. The number of carbonyl (C=O) groups excluding carboxylic acids is 1. The van der Waals surface area contributed by atoms with Crippen LogP contribution >= 0.6 is 0 Å². The van der Waals surface area contributed by atoms with Gasteiger partial charge in [0, 0.05) is 11.6 Å². The van der Waals surface area contributed by atoms with Crippen LogP contribution in [0.1, 0.15) is 31.9 Å². The van der Waals surface area contributed by atoms with Crippen LogP contribution in [0.4, 0.5) is 11.4 Å². The van der Waals surface area contributed by atoms with Crippen LogP contribution in [0.3, 0.4) is 0 Å². The van der Waals surface area contributed by atoms with Gasteiger partial charge >= 0.3 is 0 Å². The van der Waals surface area contributed by atoms with E-state index in [2.05, 4.69) is 50.4 Å². The van der Waals surface area contributed by atoms with Crippen LogP contribution in [-0.4, -0.2) is 31.5 Å². The van der Waals surface area contributed by atoms with E-state index in [9.17, 15) is 14.9 Å². The third kappa shape index (κ3) is 5.79. The molecule has 0 saturated heterocycles. The van der Waals surface area contributed by atoms with Crippen LogP contribution in [0.25, 0.3) is 0 Å². The molecule has 1 atom stereocenters. The first-order valence-corrected chi connectivity index (χ1v) is 9.13. The number of methoxy groups -OCH3 is 1. The van der Waals surface area contributed by atoms with E-state index in [4.69, 9.17) is 4.74 Å². The van der Waals surface area contributed by atoms with Gasteiger partial charge in [-0.2, -0.15) is 0 Å². The maximum absolute atomic E-state index is 12.4. The van der Waals surface area contributed by atoms with Crippen molar-refractivity contribution in [3.05, 3.63) is 63.7 Å². The van der Waals surface area contributed by atoms with Crippen molar-refractivity contribution in [2.24, 2.45) is 0 Å². The molecule has 0 aliphatic rings. The number of hydrogen-bond donors (Lipinski definition) is 2. The Morgan fingerprint density at radius 3 is 2.36 bits per heavy atom. The molecule has 7 heteroatoms. The number of anilines is 1. The van der Waals surface area contributed by atoms with E-state index in [0.717, 1.165) is 17.0 Å². The average Bonchev–Trinajstić information content (AvgIpc) is 2.61. The van der Waals surface area contributed by atoms with Crippen molar-refractivity contribution in [3.63, 3.8) is 0 Å². The standard InChI is InChI=1S/C21H27N3O4/c1-21(2,3)16-8-6-15(7-9-16)13-23(4)14-20(25)22-18-11-10-17(24(26)27)12-19(18)28-5/h6-12H,13-14H2,1-5H3,(H,22,25)/p+1. The number of carbonyl (C=O) groups is 1. The van der Waals surface area contributed by atoms with Gasteiger partial charge in [0.15, 0.2) is 6.54 Å². The topological polar surface area (TPSA) is 85.9 Å². The van der Waals surface area contributed by atoms with Crippen molar-refractivity contribution in [2.45, 2.75) is 32.7 Å². The number of quaternary nitrogens is 1. The van der Waals surface area contributed by atoms with Crippen molar-refractivity contribution in [2.75, 3.05) is 26.0 Å². The molecule has 0 aromatic heterocycles. The monoisotopic (exact) mass is 386 g/mol. The smallest absolute Gasteiger partial charge is 0.279 e. The van der Waals surface area contributed by atoms with Gasteiger partial charge in [0.1, 0.15) is 12.3 Å². The molecule has 2 N–H and O–H groups in total. The predicted molar refractivity (Wildman–Crippen MR) is 109 cm³/mol. The normalized spacial score (nSPS) is 12.3. The zero-order valence-electron chi connectivity index (χ0n) is 17.0. The summed E-state index contributed by atoms with van der Waals surface area (Å²) in [6, 6.07) is 12.6. The van der Waals surface area contributed by atoms with Gasteiger partial charge in [-0.05, 0) is 17.0 Å². The molecular formula is C21H28N3O4+. The Bertz CT molecular complexity index is 842. The van der Waals surface area contributed by atoms with Gasteiger partial charge in [-0.3, -0.25) is 14.9 Å². The zero-order chi connectivity index (χ0) is 20.9. The molecular weight excluding hydrogens is 358 g/mol. The first kappa shape index (κ1) is 21.4. The van der Waals surface area contributed by atoms with E-state index in [1.807, 2.05) is 7.05 Å². The quantitative estimate of drug-likeness (QED) is 0.566. The SMILES string of the molecule is COc1cc([N+](=O)[O-])ccc1NC(=O)C[NH+](C)Cc1ccc(C(C)(C)C)cc1. The number of nitro benzene ring substituents is 1. The minimum absolute atomic E-state index is 0.0868. The second-order valence-corrected chi connectivity index (χ2v) is 7.95. The number of likely N-dealkylation sites (N-methyl/N-ethyl adjacent to an activating group) is 1. The summed E-state index contributed by atoms with van der Waals surface area (Å²) in [6.45, 7) is 7.51. The lowest BCUT2D eigenvalue weighted by Gasteiger charge is -2.20. The maximum Gasteiger partial charge on any atom is 0.279 e. The minimum atomic E-state index is -0.503. The molecule has 0 bridgehead atoms. The number of nitrogens with zero attached hydrogens (tertiary/aromatic N) is 1. The summed E-state index contributed by atoms with van der Waals surface area (Å²) in [7, 11) is 3.36. The first-order chi connectivity index (χ1) is 13.1. The predicted octanol–water partition coefficient (Wildman–Crippen LogP) is 2.55. The minimum Gasteiger partial charge on any atom is -0.494 e. The summed E-state index contributed by atoms with van der Waals surface area (Å²) in [4.78, 5) is 23.7. The molecule has 0 saturated carbocycles. The summed E-state index contributed by atoms with van der Waals surface area (Å²) in [6.07, 6.45) is 0. The molecule has 0 aliphatic carbocycles. The summed E-state index contributed by atoms with van der Waals surface area (Å²) in [5.74, 6) is 0.0777. The van der Waals surface area contributed by atoms with Gasteiger partial charge in [-0.15, -0.1) is 0 Å². The molecule has 0 radical (unpaired) electrons. The number of nitrogens with one attached hydrogen (secondary N) is 2. The summed E-state index contributed by atoms with van der Waals surface area (Å²) in [5, 5.41) is 13.6. The molecule has 0 spiro atoms. The van der Waals surface area contributed by atoms with E-state index in [-0.39, 0.29) is 29.3 Å². The number of rotatable bonds is 7. The van der Waals surface area contributed by atoms with Gasteiger partial charge in [0.2, 0.25) is 0 Å². The van der Waals surface area contributed by atoms with E-state index in [0.29, 0.717) is 5.69 Å². The molecule has 2 rings (SSSR count). The summed E-state index contributed by atoms with van der Waals surface area (Å²) in [5.41, 5.74) is 2.88. The number of hydrogen-bond acceptors (Lipinski definition) is 4. The highest BCUT2D eigenvalue weighted by Crippen LogP contribution is 2.28. The van der Waals surface area contributed by atoms with Gasteiger partial charge in [-0.1, -0.05) is 45.0 Å². The highest BCUT2D eigenvalue weighted by atomic mass is 16.6. The van der Waals surface area contributed by atoms with Crippen LogP contribution in [0.2, 0.25) is 0 Å². The second-order valence-electron chi connectivity index (χ2n) is 7.95. The van der Waals surface area contributed by atoms with Crippen LogP contribution in [0.15, 0.2) is 42.5 Å². The van der Waals surface area contributed by atoms with Crippen molar-refractivity contribution >= 4 is 17.3 Å². The molecule has 2 aromatic rings. The van der Waals surface area contributed by atoms with Gasteiger partial charge in [-0.25, -0.2) is 0 Å². The van der Waals surface area contributed by atoms with Crippen molar-refractivity contribution in [1.82, 2.24) is 0 Å². The lowest BCUT2D eigenvalue weighted by atomic mass is 9.87. The fourth-order valence-corrected chi connectivity index (χ4v) is 2.90. The van der Waals surface area contributed by atoms with Crippen molar-refractivity contribution in [1.29, 1.82) is 0 Å². The number of non-ortho nitro benzene ring substituents is 1. The lowest BCUT2D eigenvalue weighted by molar-refractivity contribution is -0.885. The molecule has 1 unspecified atom stereocenters. The van der Waals surface area contributed by atoms with Crippen LogP contribution in [0, 0.1) is 10.1 Å². The number of benzene rings is 2. The molecule has 0 aliphatic heterocycles. The summed E-state index contributed by atoms with van der Waals surface area (Å²) >= 11 is 0. The Morgan fingerprint density at radius 1 is 1.18 bits per heavy atom. The van der Waals surface area contributed by atoms with E-state index in [1.54, 1.807) is 0 Å². The van der Waals surface area contributed by atoms with Crippen LogP contribution in [-0.2, 0) is 16.8 Å². The zero-order valence-corrected chi connectivity index (χ0v) is 17.0. The molecule has 2 aromatic carbocycles. The Balaban J connectivity index is 1.96. The molecule has 150 valence electrons. The Hall–Kier alpha value is -2.93. The molecule has 7 nitrogen and oxygen atoms in total. The van der Waals surface area contributed by atoms with E-state index in [1.165, 1.54) is 30.9 Å². The average molecular weight is 386 g/mol. The van der Waals surface area contributed by atoms with Gasteiger partial charge < -0.3 is 15.0 Å². The van der Waals surface area contributed by atoms with E-state index >= 15 is 0 Å². The van der Waals surface area contributed by atoms with Gasteiger partial charge in [0.05, 0.1) is 30.8 Å². The van der Waals surface area contributed by atoms with Crippen molar-refractivity contribution < 1.29 is 19.4 Å². The van der Waals surface area contributed by atoms with E-state index < -0.39 is 4.92 Å². The largest absolute Gasteiger partial charge is 0.494 e. The third-order valence-corrected chi connectivity index (χ3v) is 4.46. The van der Waals surface area contributed by atoms with Crippen LogP contribution < -0.4 is 15.0 Å². The fourth-order valence-electron chi connectivity index (χ4n) is 2.90. The van der Waals surface area contributed by atoms with Gasteiger partial charge in [0.25, 0.3) is 11.6 Å². The highest BCUT2D eigenvalue weighted by Gasteiger charge is 2.17. The molecule has 0 fully saturated rings. The number of nitro groups is 1. The first-order valence-electron chi connectivity index (χ1n) is 9.13. The van der Waals surface area contributed by atoms with Crippen molar-refractivity contribution in [3.8, 4) is 5.75 Å². The molecule has 1 amide bonds. The second kappa shape index (κ2) is 8.84. The molecule has 28 heavy (non-hydrogen) atoms. The highest BCUT2D eigenvalue weighted by molar-refractivity contribution is 5.93. The number of ether oxygens (including phenoxy) is 1. The third-order valence-electron chi connectivity index (χ3n) is 4.46.